The van der Waals surface area contributed by atoms with Crippen LogP contribution in [0.25, 0.3) is 10.9 Å². The summed E-state index contributed by atoms with van der Waals surface area (Å²) in [4.78, 5) is 29.8. The predicted molar refractivity (Wildman–Crippen MR) is 75.7 cm³/mol. The first-order valence-electron chi connectivity index (χ1n) is 6.04. The van der Waals surface area contributed by atoms with Crippen LogP contribution in [0.4, 0.5) is 5.69 Å². The zero-order valence-corrected chi connectivity index (χ0v) is 10.8. The lowest BCUT2D eigenvalue weighted by Crippen LogP contribution is -2.18. The molecule has 0 atom stereocenters. The number of nitrogen functional groups attached to an aromatic ring is 1. The third-order valence-corrected chi connectivity index (χ3v) is 3.25. The summed E-state index contributed by atoms with van der Waals surface area (Å²) in [6.07, 6.45) is 2.38. The second kappa shape index (κ2) is 4.34. The normalized spacial score (nSPS) is 10.8. The lowest BCUT2D eigenvalue weighted by molar-refractivity contribution is 0.0958. The number of anilines is 1. The number of carbonyl (C=O) groups is 1. The first-order valence-corrected chi connectivity index (χ1v) is 6.04. The van der Waals surface area contributed by atoms with Gasteiger partial charge in [-0.05, 0) is 13.0 Å². The van der Waals surface area contributed by atoms with E-state index in [0.717, 1.165) is 17.1 Å². The molecule has 3 N–H and O–H groups in total. The molecule has 0 spiro atoms. The summed E-state index contributed by atoms with van der Waals surface area (Å²) in [6, 6.07) is 7.39. The number of carbonyl (C=O) groups excluding carboxylic acids is 1. The number of benzene rings is 1. The Balaban J connectivity index is 2.24. The first-order chi connectivity index (χ1) is 9.59. The van der Waals surface area contributed by atoms with Crippen molar-refractivity contribution in [3.8, 4) is 0 Å². The number of aromatic nitrogens is 3. The van der Waals surface area contributed by atoms with Gasteiger partial charge >= 0.3 is 0 Å². The largest absolute Gasteiger partial charge is 0.397 e. The predicted octanol–water partition coefficient (Wildman–Crippen LogP) is 1.30. The Hall–Kier alpha value is -2.89. The minimum absolute atomic E-state index is 0.161. The Morgan fingerprint density at radius 1 is 1.35 bits per heavy atom. The summed E-state index contributed by atoms with van der Waals surface area (Å²) in [5.74, 6) is -0.327. The van der Waals surface area contributed by atoms with Crippen molar-refractivity contribution >= 4 is 22.5 Å². The molecule has 0 aliphatic heterocycles. The molecule has 3 rings (SSSR count). The van der Waals surface area contributed by atoms with Gasteiger partial charge in [0.2, 0.25) is 0 Å². The van der Waals surface area contributed by atoms with Gasteiger partial charge in [-0.2, -0.15) is 0 Å². The van der Waals surface area contributed by atoms with Crippen molar-refractivity contribution in [2.45, 2.75) is 6.92 Å². The molecule has 0 amide bonds. The number of fused-ring (bicyclic) bond motifs is 1. The topological polar surface area (TPSA) is 93.8 Å². The van der Waals surface area contributed by atoms with Crippen LogP contribution in [0.2, 0.25) is 0 Å². The highest BCUT2D eigenvalue weighted by molar-refractivity contribution is 6.05. The molecule has 2 heterocycles. The Morgan fingerprint density at radius 2 is 2.10 bits per heavy atom. The second-order valence-electron chi connectivity index (χ2n) is 4.45. The molecular weight excluding hydrogens is 256 g/mol. The van der Waals surface area contributed by atoms with Crippen LogP contribution in [-0.2, 0) is 0 Å². The fraction of sp³-hybridized carbons (Fsp3) is 0.0714. The number of hydrogen-bond acceptors (Lipinski definition) is 4. The van der Waals surface area contributed by atoms with E-state index in [-0.39, 0.29) is 17.2 Å². The van der Waals surface area contributed by atoms with E-state index in [1.807, 2.05) is 24.3 Å². The zero-order chi connectivity index (χ0) is 14.3. The molecule has 0 fully saturated rings. The van der Waals surface area contributed by atoms with Gasteiger partial charge in [0.15, 0.2) is 0 Å². The fourth-order valence-electron chi connectivity index (χ4n) is 2.23. The van der Waals surface area contributed by atoms with Gasteiger partial charge in [-0.25, -0.2) is 4.98 Å². The number of nitrogens with one attached hydrogen (secondary N) is 1. The average molecular weight is 268 g/mol. The third-order valence-electron chi connectivity index (χ3n) is 3.25. The zero-order valence-electron chi connectivity index (χ0n) is 10.8. The highest BCUT2D eigenvalue weighted by Gasteiger charge is 2.18. The van der Waals surface area contributed by atoms with Crippen LogP contribution in [0.3, 0.4) is 0 Å². The monoisotopic (exact) mass is 268 g/mol. The van der Waals surface area contributed by atoms with Gasteiger partial charge in [-0.15, -0.1) is 0 Å². The second-order valence-corrected chi connectivity index (χ2v) is 4.45. The third kappa shape index (κ3) is 1.70. The van der Waals surface area contributed by atoms with Crippen molar-refractivity contribution < 1.29 is 4.79 Å². The highest BCUT2D eigenvalue weighted by Crippen LogP contribution is 2.28. The standard InChI is InChI=1S/C14H12N4O2/c1-8-13(15)9-4-2-3-5-11(9)18(8)14(20)10-6-17-12(19)7-16-10/h2-7H,15H2,1H3,(H,17,19). The van der Waals surface area contributed by atoms with Crippen LogP contribution in [0, 0.1) is 6.92 Å². The maximum absolute atomic E-state index is 12.5. The lowest BCUT2D eigenvalue weighted by atomic mass is 10.2. The Bertz CT molecular complexity index is 856. The molecule has 0 radical (unpaired) electrons. The summed E-state index contributed by atoms with van der Waals surface area (Å²) < 4.78 is 1.51. The number of nitrogens with two attached hydrogens (primary N) is 1. The van der Waals surface area contributed by atoms with Gasteiger partial charge in [0.05, 0.1) is 17.4 Å². The van der Waals surface area contributed by atoms with Gasteiger partial charge in [0.1, 0.15) is 5.69 Å². The molecule has 100 valence electrons. The Kier molecular flexibility index (Phi) is 2.64. The van der Waals surface area contributed by atoms with Crippen molar-refractivity contribution in [2.24, 2.45) is 0 Å². The number of H-pyrrole nitrogens is 1. The van der Waals surface area contributed by atoms with Crippen LogP contribution < -0.4 is 11.3 Å². The van der Waals surface area contributed by atoms with Gasteiger partial charge in [-0.3, -0.25) is 14.2 Å². The van der Waals surface area contributed by atoms with Gasteiger partial charge in [0, 0.05) is 17.3 Å². The van der Waals surface area contributed by atoms with E-state index in [4.69, 9.17) is 5.73 Å². The van der Waals surface area contributed by atoms with Crippen molar-refractivity contribution in [1.29, 1.82) is 0 Å². The maximum Gasteiger partial charge on any atom is 0.282 e. The van der Waals surface area contributed by atoms with Crippen LogP contribution in [0.1, 0.15) is 16.2 Å². The summed E-state index contributed by atoms with van der Waals surface area (Å²) in [5, 5.41) is 0.822. The highest BCUT2D eigenvalue weighted by atomic mass is 16.2. The number of nitrogens with zero attached hydrogens (tertiary/aromatic N) is 2. The summed E-state index contributed by atoms with van der Waals surface area (Å²) in [5.41, 5.74) is 7.78. The van der Waals surface area contributed by atoms with Gasteiger partial charge in [0.25, 0.3) is 11.5 Å². The van der Waals surface area contributed by atoms with Crippen LogP contribution in [0.5, 0.6) is 0 Å². The van der Waals surface area contributed by atoms with E-state index < -0.39 is 0 Å². The maximum atomic E-state index is 12.5. The molecule has 0 aliphatic rings. The number of aromatic amines is 1. The van der Waals surface area contributed by atoms with Crippen molar-refractivity contribution in [2.75, 3.05) is 5.73 Å². The molecule has 0 saturated carbocycles. The summed E-state index contributed by atoms with van der Waals surface area (Å²) in [6.45, 7) is 1.78. The quantitative estimate of drug-likeness (QED) is 0.695. The van der Waals surface area contributed by atoms with E-state index in [9.17, 15) is 9.59 Å². The van der Waals surface area contributed by atoms with Crippen molar-refractivity contribution in [1.82, 2.24) is 14.5 Å². The molecule has 0 saturated heterocycles. The number of para-hydroxylation sites is 1. The summed E-state index contributed by atoms with van der Waals surface area (Å²) in [7, 11) is 0. The Morgan fingerprint density at radius 3 is 2.80 bits per heavy atom. The molecule has 2 aromatic heterocycles. The van der Waals surface area contributed by atoms with E-state index in [0.29, 0.717) is 11.4 Å². The fourth-order valence-corrected chi connectivity index (χ4v) is 2.23. The average Bonchev–Trinajstić information content (AvgIpc) is 2.72. The van der Waals surface area contributed by atoms with Crippen molar-refractivity contribution in [3.05, 3.63) is 58.4 Å². The van der Waals surface area contributed by atoms with Gasteiger partial charge < -0.3 is 10.7 Å². The van der Waals surface area contributed by atoms with E-state index in [2.05, 4.69) is 9.97 Å². The molecule has 6 nitrogen and oxygen atoms in total. The molecule has 3 aromatic rings. The molecule has 6 heteroatoms. The smallest absolute Gasteiger partial charge is 0.282 e. The van der Waals surface area contributed by atoms with E-state index in [1.54, 1.807) is 6.92 Å². The lowest BCUT2D eigenvalue weighted by Gasteiger charge is -2.05. The molecule has 20 heavy (non-hydrogen) atoms. The Labute approximate surface area is 113 Å². The van der Waals surface area contributed by atoms with Crippen LogP contribution in [-0.4, -0.2) is 20.4 Å². The summed E-state index contributed by atoms with van der Waals surface area (Å²) >= 11 is 0. The molecule has 0 unspecified atom stereocenters. The van der Waals surface area contributed by atoms with E-state index >= 15 is 0 Å². The van der Waals surface area contributed by atoms with Crippen LogP contribution in [0.15, 0.2) is 41.5 Å². The SMILES string of the molecule is Cc1c(N)c2ccccc2n1C(=O)c1c[nH]c(=O)cn1. The van der Waals surface area contributed by atoms with E-state index in [1.165, 1.54) is 10.8 Å². The number of hydrogen-bond donors (Lipinski definition) is 2. The van der Waals surface area contributed by atoms with Gasteiger partial charge in [-0.1, -0.05) is 18.2 Å². The molecule has 1 aromatic carbocycles. The first kappa shape index (κ1) is 12.2. The molecule has 0 aliphatic carbocycles. The molecule has 0 bridgehead atoms. The number of rotatable bonds is 1. The van der Waals surface area contributed by atoms with Crippen LogP contribution >= 0.6 is 0 Å². The minimum Gasteiger partial charge on any atom is -0.397 e. The van der Waals surface area contributed by atoms with Crippen molar-refractivity contribution in [3.63, 3.8) is 0 Å². The minimum atomic E-state index is -0.352. The molecular formula is C14H12N4O2.